The number of ketones is 3. The Labute approximate surface area is 777 Å². The fourth-order valence-corrected chi connectivity index (χ4v) is 16.8. The van der Waals surface area contributed by atoms with Crippen molar-refractivity contribution in [3.05, 3.63) is 231 Å². The van der Waals surface area contributed by atoms with Gasteiger partial charge in [0, 0.05) is 143 Å². The Hall–Kier alpha value is -6.87. The van der Waals surface area contributed by atoms with E-state index in [4.69, 9.17) is 27.3 Å². The SMILES string of the molecule is CCC(CC)C(=O)C=C(O)C(CC)CC.CCC(CC)C(=O)C=C(O)C(CC)CC.CCC(CC)C(=O)C=C(O)C(CC)CC.[2H]C([2H])([2H])c1[c-]c(-c2ccc3c(CC4CCC4)cccc3n2)cc(C)c1.[2H]C([2H])([2H])c1[c-]c(-c2ccc3c(CC4CCCC4)cccc3n2)cc(C)c1.[2H]C([2H])([2H])c1[c-]c(-c2ccc3c(CC4CCCCC4)cccc3n2)cc(C)c1.[Ir].[Ir].[Ir]. The monoisotopic (exact) mass is 2170 g/mol. The summed E-state index contributed by atoms with van der Waals surface area (Å²) in [4.78, 5) is 49.6. The summed E-state index contributed by atoms with van der Waals surface area (Å²) in [6, 6.07) is 51.4. The first-order valence-electron chi connectivity index (χ1n) is 49.1. The Kier molecular flexibility index (Phi) is 41.9. The molecule has 3 fully saturated rings. The molecule has 0 spiro atoms. The van der Waals surface area contributed by atoms with Crippen molar-refractivity contribution in [2.45, 2.75) is 298 Å². The summed E-state index contributed by atoms with van der Waals surface area (Å²) < 4.78 is 69.1. The number of benzene rings is 6. The Morgan fingerprint density at radius 3 is 0.817 bits per heavy atom. The molecule has 9 aromatic rings. The van der Waals surface area contributed by atoms with Crippen LogP contribution < -0.4 is 0 Å². The third kappa shape index (κ3) is 32.7. The topological polar surface area (TPSA) is 151 Å². The van der Waals surface area contributed by atoms with Crippen LogP contribution in [0, 0.1) is 113 Å². The summed E-state index contributed by atoms with van der Waals surface area (Å²) in [6.07, 6.45) is 34.2. The van der Waals surface area contributed by atoms with Gasteiger partial charge in [-0.1, -0.05) is 274 Å². The minimum Gasteiger partial charge on any atom is -0.512 e. The Balaban J connectivity index is 0.000000330. The predicted octanol–water partition coefficient (Wildman–Crippen LogP) is 29.8. The summed E-state index contributed by atoms with van der Waals surface area (Å²) in [5.74, 6) is 4.03. The van der Waals surface area contributed by atoms with Crippen LogP contribution in [0.15, 0.2) is 163 Å². The van der Waals surface area contributed by atoms with Gasteiger partial charge in [0.05, 0.1) is 33.8 Å². The van der Waals surface area contributed by atoms with Crippen molar-refractivity contribution < 1.29 is 102 Å². The number of carbonyl (C=O) groups is 3. The molecule has 657 valence electrons. The Morgan fingerprint density at radius 1 is 0.350 bits per heavy atom. The molecule has 3 aromatic heterocycles. The number of fused-ring (bicyclic) bond motifs is 3. The van der Waals surface area contributed by atoms with Gasteiger partial charge in [-0.25, -0.2) is 0 Å². The second-order valence-electron chi connectivity index (χ2n) is 33.1. The molecule has 12 heteroatoms. The molecule has 0 saturated heterocycles. The van der Waals surface area contributed by atoms with Gasteiger partial charge in [0.2, 0.25) is 0 Å². The minimum atomic E-state index is -2.16. The standard InChI is InChI=1S/C24H26N.C23H24N.C22H22N.3C13H24O2.3Ir/c1-17-13-18(2)15-21(14-17)23-12-11-22-20(9-6-10-24(22)25-23)16-19-7-4-3-5-8-19;1-16-12-17(2)14-20(13-16)22-11-10-21-19(8-5-9-23(21)24-22)15-18-6-3-4-7-18;1-15-11-16(2)13-19(12-15)21-10-9-20-18(14-17-5-3-6-17)7-4-8-22(20)23-21;3*1-5-10(6-2)12(14)9-13(15)11(7-3)8-4;;;/h6,9-14,19H,3-5,7-8,16H2,1-2H3;5,8-13,18H,3-4,6-7,15H2,1-2H3;4,7-12,17H,3,5-6,14H2,1-2H3;3*9-11,14H,5-8H2,1-4H3;;;/q3*-1;;;;;;/i3*2D3;;;;;;. The number of hydrogen-bond acceptors (Lipinski definition) is 9. The smallest absolute Gasteiger partial charge is 0.162 e. The van der Waals surface area contributed by atoms with E-state index in [-0.39, 0.29) is 147 Å². The zero-order valence-electron chi connectivity index (χ0n) is 83.6. The molecule has 0 unspecified atom stereocenters. The van der Waals surface area contributed by atoms with E-state index in [1.807, 2.05) is 158 Å². The van der Waals surface area contributed by atoms with Gasteiger partial charge in [0.15, 0.2) is 17.3 Å². The van der Waals surface area contributed by atoms with Gasteiger partial charge in [-0.3, -0.25) is 29.3 Å². The summed E-state index contributed by atoms with van der Waals surface area (Å²) >= 11 is 0. The van der Waals surface area contributed by atoms with E-state index in [9.17, 15) is 29.7 Å². The van der Waals surface area contributed by atoms with Crippen molar-refractivity contribution in [3.63, 3.8) is 0 Å². The largest absolute Gasteiger partial charge is 0.512 e. The molecule has 3 N–H and O–H groups in total. The summed E-state index contributed by atoms with van der Waals surface area (Å²) in [7, 11) is 0. The van der Waals surface area contributed by atoms with Gasteiger partial charge >= 0.3 is 0 Å². The number of aliphatic hydroxyl groups is 3. The van der Waals surface area contributed by atoms with Crippen LogP contribution in [0.2, 0.25) is 0 Å². The van der Waals surface area contributed by atoms with Crippen LogP contribution >= 0.6 is 0 Å². The first-order chi connectivity index (χ1) is 60.0. The third-order valence-corrected chi connectivity index (χ3v) is 24.5. The minimum absolute atomic E-state index is 0. The van der Waals surface area contributed by atoms with E-state index >= 15 is 0 Å². The molecular weight excluding hydrogens is 2010 g/mol. The number of carbonyl (C=O) groups excluding carboxylic acids is 3. The molecule has 120 heavy (non-hydrogen) atoms. The molecule has 3 saturated carbocycles. The fraction of sp³-hybridized carbons (Fsp3) is 0.500. The second-order valence-corrected chi connectivity index (χ2v) is 33.1. The zero-order valence-corrected chi connectivity index (χ0v) is 81.7. The van der Waals surface area contributed by atoms with Crippen LogP contribution in [-0.4, -0.2) is 47.6 Å². The molecule has 0 atom stereocenters. The number of aryl methyl sites for hydroxylation is 6. The van der Waals surface area contributed by atoms with Gasteiger partial charge in [0.1, 0.15) is 0 Å². The van der Waals surface area contributed by atoms with E-state index < -0.39 is 20.6 Å². The van der Waals surface area contributed by atoms with Crippen molar-refractivity contribution in [2.75, 3.05) is 0 Å². The van der Waals surface area contributed by atoms with E-state index in [0.717, 1.165) is 181 Å². The summed E-state index contributed by atoms with van der Waals surface area (Å²) in [5.41, 5.74) is 15.0. The Morgan fingerprint density at radius 2 is 0.592 bits per heavy atom. The van der Waals surface area contributed by atoms with Crippen LogP contribution in [0.1, 0.15) is 300 Å². The Bertz CT molecular complexity index is 4940. The maximum Gasteiger partial charge on any atom is 0.162 e. The van der Waals surface area contributed by atoms with Crippen molar-refractivity contribution in [2.24, 2.45) is 53.3 Å². The van der Waals surface area contributed by atoms with Crippen LogP contribution in [-0.2, 0) is 94.0 Å². The molecule has 12 rings (SSSR count). The first-order valence-corrected chi connectivity index (χ1v) is 44.6. The average molecular weight is 2170 g/mol. The van der Waals surface area contributed by atoms with E-state index in [1.54, 1.807) is 18.2 Å². The van der Waals surface area contributed by atoms with Crippen LogP contribution in [0.25, 0.3) is 66.5 Å². The van der Waals surface area contributed by atoms with Gasteiger partial charge in [-0.2, -0.15) is 0 Å². The molecule has 3 aliphatic rings. The van der Waals surface area contributed by atoms with E-state index in [1.165, 1.54) is 128 Å². The number of hydrogen-bond donors (Lipinski definition) is 3. The average Bonchev–Trinajstić information content (AvgIpc) is 1.11. The van der Waals surface area contributed by atoms with Crippen molar-refractivity contribution in [1.82, 2.24) is 15.0 Å². The number of nitrogens with zero attached hydrogens (tertiary/aromatic N) is 3. The molecule has 3 aliphatic carbocycles. The molecule has 9 nitrogen and oxygen atoms in total. The predicted molar refractivity (Wildman–Crippen MR) is 495 cm³/mol. The van der Waals surface area contributed by atoms with E-state index in [0.29, 0.717) is 0 Å². The van der Waals surface area contributed by atoms with Crippen molar-refractivity contribution in [1.29, 1.82) is 0 Å². The normalized spacial score (nSPS) is 15.3. The van der Waals surface area contributed by atoms with Gasteiger partial charge in [0.25, 0.3) is 0 Å². The molecule has 3 radical (unpaired) electrons. The first kappa shape index (κ1) is 90.8. The van der Waals surface area contributed by atoms with Crippen molar-refractivity contribution in [3.8, 4) is 33.8 Å². The van der Waals surface area contributed by atoms with Crippen molar-refractivity contribution >= 4 is 50.1 Å². The summed E-state index contributed by atoms with van der Waals surface area (Å²) in [5, 5.41) is 32.9. The second kappa shape index (κ2) is 55.4. The summed E-state index contributed by atoms with van der Waals surface area (Å²) in [6.45, 7) is 23.5. The molecular formula is C108H144Ir3N3O6-3. The van der Waals surface area contributed by atoms with Crippen LogP contribution in [0.5, 0.6) is 0 Å². The molecule has 0 bridgehead atoms. The van der Waals surface area contributed by atoms with E-state index in [2.05, 4.69) is 72.8 Å². The molecule has 3 heterocycles. The number of allylic oxidation sites excluding steroid dienone is 6. The van der Waals surface area contributed by atoms with Crippen LogP contribution in [0.3, 0.4) is 0 Å². The zero-order chi connectivity index (χ0) is 92.6. The number of pyridine rings is 3. The van der Waals surface area contributed by atoms with Gasteiger partial charge < -0.3 is 15.3 Å². The number of aromatic nitrogens is 3. The number of aliphatic hydroxyl groups excluding tert-OH is 3. The van der Waals surface area contributed by atoms with Gasteiger partial charge in [-0.05, 0) is 166 Å². The molecule has 0 aliphatic heterocycles. The quantitative estimate of drug-likeness (QED) is 0.0227. The van der Waals surface area contributed by atoms with Crippen LogP contribution in [0.4, 0.5) is 0 Å². The molecule has 6 aromatic carbocycles. The third-order valence-electron chi connectivity index (χ3n) is 24.5. The molecule has 0 amide bonds. The fourth-order valence-electron chi connectivity index (χ4n) is 16.8. The maximum absolute atomic E-state index is 11.7. The maximum atomic E-state index is 11.7. The number of rotatable bonds is 30. The van der Waals surface area contributed by atoms with Gasteiger partial charge in [-0.15, -0.1) is 105 Å².